The van der Waals surface area contributed by atoms with Gasteiger partial charge in [0.15, 0.2) is 11.5 Å². The molecule has 6 rings (SSSR count). The van der Waals surface area contributed by atoms with Crippen molar-refractivity contribution in [3.63, 3.8) is 0 Å². The van der Waals surface area contributed by atoms with Crippen LogP contribution in [0, 0.1) is 12.8 Å². The van der Waals surface area contributed by atoms with Gasteiger partial charge < -0.3 is 14.4 Å². The summed E-state index contributed by atoms with van der Waals surface area (Å²) >= 11 is 6.78. The highest BCUT2D eigenvalue weighted by atomic mass is 32.2. The number of amides is 1. The Morgan fingerprint density at radius 2 is 1.95 bits per heavy atom. The molecule has 3 aromatic rings. The summed E-state index contributed by atoms with van der Waals surface area (Å²) in [6.45, 7) is 6.34. The second-order valence-corrected chi connectivity index (χ2v) is 11.3. The number of thiocarbonyl (C=S) groups is 1. The van der Waals surface area contributed by atoms with Gasteiger partial charge in [-0.3, -0.25) is 18.9 Å². The summed E-state index contributed by atoms with van der Waals surface area (Å²) in [4.78, 5) is 36.3. The lowest BCUT2D eigenvalue weighted by molar-refractivity contribution is -0.122. The Balaban J connectivity index is 1.37. The van der Waals surface area contributed by atoms with Gasteiger partial charge in [0.05, 0.1) is 17.0 Å². The van der Waals surface area contributed by atoms with E-state index >= 15 is 0 Å². The summed E-state index contributed by atoms with van der Waals surface area (Å²) in [7, 11) is 0. The number of rotatable bonds is 4. The van der Waals surface area contributed by atoms with E-state index in [1.165, 1.54) is 11.8 Å². The van der Waals surface area contributed by atoms with Crippen molar-refractivity contribution in [2.24, 2.45) is 5.92 Å². The quantitative estimate of drug-likeness (QED) is 0.361. The molecule has 0 saturated carbocycles. The van der Waals surface area contributed by atoms with Crippen molar-refractivity contribution >= 4 is 51.7 Å². The summed E-state index contributed by atoms with van der Waals surface area (Å²) < 4.78 is 12.9. The zero-order valence-electron chi connectivity index (χ0n) is 20.6. The smallest absolute Gasteiger partial charge is 0.267 e. The highest BCUT2D eigenvalue weighted by Gasteiger charge is 2.33. The van der Waals surface area contributed by atoms with E-state index in [-0.39, 0.29) is 18.3 Å². The van der Waals surface area contributed by atoms with Crippen LogP contribution in [0.25, 0.3) is 11.7 Å². The number of pyridine rings is 1. The largest absolute Gasteiger partial charge is 0.454 e. The molecule has 5 heterocycles. The maximum Gasteiger partial charge on any atom is 0.267 e. The molecule has 0 atom stereocenters. The van der Waals surface area contributed by atoms with E-state index in [9.17, 15) is 9.59 Å². The van der Waals surface area contributed by atoms with Crippen LogP contribution in [0.3, 0.4) is 0 Å². The van der Waals surface area contributed by atoms with Crippen molar-refractivity contribution in [3.05, 3.63) is 68.5 Å². The van der Waals surface area contributed by atoms with Crippen molar-refractivity contribution in [3.8, 4) is 11.5 Å². The molecule has 0 aliphatic carbocycles. The number of ether oxygens (including phenoxy) is 2. The molecule has 3 aliphatic heterocycles. The van der Waals surface area contributed by atoms with E-state index in [4.69, 9.17) is 26.7 Å². The van der Waals surface area contributed by atoms with E-state index in [2.05, 4.69) is 11.8 Å². The third-order valence-electron chi connectivity index (χ3n) is 7.07. The lowest BCUT2D eigenvalue weighted by Crippen LogP contribution is -2.36. The highest BCUT2D eigenvalue weighted by molar-refractivity contribution is 8.26. The minimum Gasteiger partial charge on any atom is -0.454 e. The summed E-state index contributed by atoms with van der Waals surface area (Å²) in [6.07, 6.45) is 5.47. The molecule has 10 heteroatoms. The second kappa shape index (κ2) is 9.50. The van der Waals surface area contributed by atoms with Gasteiger partial charge in [-0.15, -0.1) is 0 Å². The van der Waals surface area contributed by atoms with Gasteiger partial charge >= 0.3 is 0 Å². The van der Waals surface area contributed by atoms with Crippen LogP contribution in [0.5, 0.6) is 11.5 Å². The van der Waals surface area contributed by atoms with E-state index in [0.717, 1.165) is 37.1 Å². The van der Waals surface area contributed by atoms with Gasteiger partial charge in [0.2, 0.25) is 6.79 Å². The van der Waals surface area contributed by atoms with Gasteiger partial charge in [0.25, 0.3) is 11.5 Å². The molecule has 2 fully saturated rings. The number of hydrogen-bond acceptors (Lipinski definition) is 8. The standard InChI is InChI=1S/C27H26N4O4S2/c1-16-7-10-29(11-8-16)24-19(25(32)30-9-3-4-17(2)23(30)28-24)13-22-26(33)31(27(36)37-22)14-18-5-6-20-21(12-18)35-15-34-20/h3-6,9,12-13,16H,7-8,10-11,14-15H2,1-2H3/b22-13+. The average molecular weight is 535 g/mol. The fraction of sp³-hybridized carbons (Fsp3) is 0.333. The lowest BCUT2D eigenvalue weighted by Gasteiger charge is -2.32. The van der Waals surface area contributed by atoms with Crippen molar-refractivity contribution in [1.82, 2.24) is 14.3 Å². The van der Waals surface area contributed by atoms with Gasteiger partial charge in [0, 0.05) is 19.3 Å². The van der Waals surface area contributed by atoms with Crippen LogP contribution in [0.1, 0.15) is 36.5 Å². The highest BCUT2D eigenvalue weighted by Crippen LogP contribution is 2.37. The Bertz CT molecular complexity index is 1520. The van der Waals surface area contributed by atoms with Gasteiger partial charge in [0.1, 0.15) is 15.8 Å². The van der Waals surface area contributed by atoms with Crippen LogP contribution < -0.4 is 19.9 Å². The number of benzene rings is 1. The maximum absolute atomic E-state index is 13.7. The van der Waals surface area contributed by atoms with Crippen molar-refractivity contribution in [1.29, 1.82) is 0 Å². The van der Waals surface area contributed by atoms with Gasteiger partial charge in [-0.1, -0.05) is 43.0 Å². The molecule has 1 aromatic carbocycles. The molecule has 2 aromatic heterocycles. The fourth-order valence-electron chi connectivity index (χ4n) is 4.88. The molecule has 3 aliphatic rings. The number of aromatic nitrogens is 2. The van der Waals surface area contributed by atoms with Crippen molar-refractivity contribution < 1.29 is 14.3 Å². The molecular formula is C27H26N4O4S2. The minimum atomic E-state index is -0.223. The summed E-state index contributed by atoms with van der Waals surface area (Å²) in [6, 6.07) is 9.38. The van der Waals surface area contributed by atoms with Crippen LogP contribution in [-0.2, 0) is 11.3 Å². The second-order valence-electron chi connectivity index (χ2n) is 9.66. The normalized spacial score (nSPS) is 19.0. The molecule has 0 unspecified atom stereocenters. The number of anilines is 1. The summed E-state index contributed by atoms with van der Waals surface area (Å²) in [5.74, 6) is 2.39. The van der Waals surface area contributed by atoms with Crippen LogP contribution in [0.2, 0.25) is 0 Å². The van der Waals surface area contributed by atoms with E-state index in [1.807, 2.05) is 37.3 Å². The Kier molecular flexibility index (Phi) is 6.16. The topological polar surface area (TPSA) is 76.4 Å². The van der Waals surface area contributed by atoms with Gasteiger partial charge in [-0.2, -0.15) is 0 Å². The van der Waals surface area contributed by atoms with E-state index < -0.39 is 0 Å². The maximum atomic E-state index is 13.7. The molecule has 0 radical (unpaired) electrons. The SMILES string of the molecule is Cc1cccn2c(=O)c(/C=C3/SC(=S)N(Cc4ccc5c(c4)OCO5)C3=O)c(N3CCC(C)CC3)nc12. The van der Waals surface area contributed by atoms with Crippen LogP contribution >= 0.6 is 24.0 Å². The first-order valence-electron chi connectivity index (χ1n) is 12.3. The third-order valence-corrected chi connectivity index (χ3v) is 8.45. The first-order chi connectivity index (χ1) is 17.9. The Labute approximate surface area is 223 Å². The number of hydrogen-bond donors (Lipinski definition) is 0. The van der Waals surface area contributed by atoms with Crippen molar-refractivity contribution in [2.45, 2.75) is 33.2 Å². The lowest BCUT2D eigenvalue weighted by atomic mass is 9.99. The monoisotopic (exact) mass is 534 g/mol. The fourth-order valence-corrected chi connectivity index (χ4v) is 6.11. The van der Waals surface area contributed by atoms with Crippen LogP contribution in [0.4, 0.5) is 5.82 Å². The number of aryl methyl sites for hydroxylation is 1. The van der Waals surface area contributed by atoms with Crippen molar-refractivity contribution in [2.75, 3.05) is 24.8 Å². The minimum absolute atomic E-state index is 0.190. The number of nitrogens with zero attached hydrogens (tertiary/aromatic N) is 4. The molecule has 0 spiro atoms. The summed E-state index contributed by atoms with van der Waals surface area (Å²) in [5, 5.41) is 0. The molecular weight excluding hydrogens is 508 g/mol. The summed E-state index contributed by atoms with van der Waals surface area (Å²) in [5.41, 5.74) is 2.67. The number of carbonyl (C=O) groups excluding carboxylic acids is 1. The first kappa shape index (κ1) is 24.0. The molecule has 2 saturated heterocycles. The number of thioether (sulfide) groups is 1. The Hall–Kier alpha value is -3.37. The molecule has 0 N–H and O–H groups in total. The van der Waals surface area contributed by atoms with Gasteiger partial charge in [-0.25, -0.2) is 4.98 Å². The third kappa shape index (κ3) is 4.38. The number of piperidine rings is 1. The van der Waals surface area contributed by atoms with Crippen LogP contribution in [-0.4, -0.2) is 44.4 Å². The molecule has 1 amide bonds. The first-order valence-corrected chi connectivity index (χ1v) is 13.5. The predicted molar refractivity (Wildman–Crippen MR) is 148 cm³/mol. The molecule has 190 valence electrons. The zero-order chi connectivity index (χ0) is 25.7. The van der Waals surface area contributed by atoms with Gasteiger partial charge in [-0.05, 0) is 61.1 Å². The Morgan fingerprint density at radius 1 is 1.16 bits per heavy atom. The molecule has 8 nitrogen and oxygen atoms in total. The number of fused-ring (bicyclic) bond motifs is 2. The average Bonchev–Trinajstić information content (AvgIpc) is 3.46. The molecule has 37 heavy (non-hydrogen) atoms. The molecule has 0 bridgehead atoms. The predicted octanol–water partition coefficient (Wildman–Crippen LogP) is 4.37. The van der Waals surface area contributed by atoms with E-state index in [0.29, 0.717) is 50.2 Å². The zero-order valence-corrected chi connectivity index (χ0v) is 22.2. The van der Waals surface area contributed by atoms with Crippen LogP contribution in [0.15, 0.2) is 46.2 Å². The van der Waals surface area contributed by atoms with E-state index in [1.54, 1.807) is 21.6 Å². The number of carbonyl (C=O) groups is 1. The Morgan fingerprint density at radius 3 is 2.76 bits per heavy atom.